The minimum atomic E-state index is -2.02. The van der Waals surface area contributed by atoms with E-state index in [0.717, 1.165) is 6.92 Å². The summed E-state index contributed by atoms with van der Waals surface area (Å²) in [6.45, 7) is 3.87. The summed E-state index contributed by atoms with van der Waals surface area (Å²) in [7, 11) is 0. The molecule has 0 aliphatic carbocycles. The molecule has 6 fully saturated rings. The molecule has 35 heteroatoms. The highest BCUT2D eigenvalue weighted by molar-refractivity contribution is 5.98. The minimum absolute atomic E-state index is 0.0395. The lowest BCUT2D eigenvalue weighted by atomic mass is 9.91. The summed E-state index contributed by atoms with van der Waals surface area (Å²) < 4.78 is 35.9. The van der Waals surface area contributed by atoms with Gasteiger partial charge in [0.05, 0.1) is 45.2 Å². The Hall–Kier alpha value is -5.90. The van der Waals surface area contributed by atoms with Gasteiger partial charge in [0.1, 0.15) is 103 Å². The Balaban J connectivity index is 1.27. The predicted octanol–water partition coefficient (Wildman–Crippen LogP) is -10.2. The molecule has 14 unspecified atom stereocenters. The number of nitrogens with two attached hydrogens (primary N) is 1. The van der Waals surface area contributed by atoms with Crippen LogP contribution in [0.3, 0.4) is 0 Å². The van der Waals surface area contributed by atoms with Crippen LogP contribution in [0.1, 0.15) is 80.1 Å². The molecule has 0 radical (unpaired) electrons. The summed E-state index contributed by atoms with van der Waals surface area (Å²) in [5.41, 5.74) is 5.34. The molecule has 6 aliphatic heterocycles. The van der Waals surface area contributed by atoms with Gasteiger partial charge in [-0.3, -0.25) is 47.9 Å². The zero-order chi connectivity index (χ0) is 65.2. The van der Waals surface area contributed by atoms with Crippen molar-refractivity contribution in [3.05, 3.63) is 0 Å². The Morgan fingerprint density at radius 3 is 1.77 bits per heavy atom. The van der Waals surface area contributed by atoms with Crippen molar-refractivity contribution in [1.29, 1.82) is 0 Å². The Bertz CT molecular complexity index is 2490. The van der Waals surface area contributed by atoms with Crippen LogP contribution in [0.5, 0.6) is 0 Å². The van der Waals surface area contributed by atoms with E-state index in [1.165, 1.54) is 49.3 Å². The van der Waals surface area contributed by atoms with Crippen LogP contribution in [0.2, 0.25) is 0 Å². The summed E-state index contributed by atoms with van der Waals surface area (Å²) in [6.07, 6.45) is -22.3. The Kier molecular flexibility index (Phi) is 25.6. The topological polar surface area (TPSA) is 516 Å². The summed E-state index contributed by atoms with van der Waals surface area (Å²) in [5.74, 6) is -9.13. The number of carbonyl (C=O) groups excluding carboxylic acids is 10. The molecule has 6 rings (SSSR count). The van der Waals surface area contributed by atoms with Crippen LogP contribution in [0.25, 0.3) is 0 Å². The van der Waals surface area contributed by atoms with Crippen LogP contribution in [0.4, 0.5) is 0 Å². The molecule has 0 spiro atoms. The molecule has 6 aliphatic rings. The molecule has 0 saturated carbocycles. The van der Waals surface area contributed by atoms with Crippen molar-refractivity contribution in [2.24, 2.45) is 11.7 Å². The summed E-state index contributed by atoms with van der Waals surface area (Å²) in [4.78, 5) is 137. The number of nitrogens with one attached hydrogen (secondary N) is 6. The smallest absolute Gasteiger partial charge is 0.246 e. The quantitative estimate of drug-likeness (QED) is 0.0404. The number of likely N-dealkylation sites (tertiary alicyclic amines) is 3. The van der Waals surface area contributed by atoms with Crippen molar-refractivity contribution < 1.29 is 122 Å². The molecule has 6 saturated heterocycles. The number of hydrogen-bond acceptors (Lipinski definition) is 25. The lowest BCUT2D eigenvalue weighted by molar-refractivity contribution is -0.359. The number of aliphatic hydroxyl groups is 9. The highest BCUT2D eigenvalue weighted by atomic mass is 16.7. The normalized spacial score (nSPS) is 34.1. The van der Waals surface area contributed by atoms with Crippen LogP contribution in [-0.4, -0.2) is 307 Å². The van der Waals surface area contributed by atoms with E-state index < -0.39 is 226 Å². The monoisotopic (exact) mass is 1260 g/mol. The van der Waals surface area contributed by atoms with Crippen LogP contribution in [0.15, 0.2) is 0 Å². The summed E-state index contributed by atoms with van der Waals surface area (Å²) in [6, 6.07) is -10.7. The van der Waals surface area contributed by atoms with Gasteiger partial charge in [0.15, 0.2) is 18.9 Å². The predicted molar refractivity (Wildman–Crippen MR) is 293 cm³/mol. The third-order valence-corrected chi connectivity index (χ3v) is 16.6. The van der Waals surface area contributed by atoms with Crippen molar-refractivity contribution >= 4 is 59.1 Å². The molecule has 23 atom stereocenters. The molecule has 88 heavy (non-hydrogen) atoms. The van der Waals surface area contributed by atoms with Crippen LogP contribution < -0.4 is 37.6 Å². The Morgan fingerprint density at radius 1 is 0.614 bits per heavy atom. The number of primary amides is 1. The number of carbonyl (C=O) groups is 10. The maximum atomic E-state index is 14.8. The zero-order valence-electron chi connectivity index (χ0n) is 49.7. The third kappa shape index (κ3) is 16.9. The molecule has 0 aromatic carbocycles. The Morgan fingerprint density at radius 2 is 1.18 bits per heavy atom. The van der Waals surface area contributed by atoms with Crippen molar-refractivity contribution in [3.8, 4) is 0 Å². The molecular formula is C53H86N10O25. The molecule has 6 heterocycles. The average Bonchev–Trinajstić information content (AvgIpc) is 4.05. The molecule has 35 nitrogen and oxygen atoms in total. The molecule has 0 aromatic heterocycles. The first-order valence-corrected chi connectivity index (χ1v) is 29.3. The van der Waals surface area contributed by atoms with Crippen molar-refractivity contribution in [2.75, 3.05) is 52.6 Å². The number of ether oxygens (including phenoxy) is 6. The van der Waals surface area contributed by atoms with Gasteiger partial charge in [0, 0.05) is 39.4 Å². The first-order valence-electron chi connectivity index (χ1n) is 29.3. The number of nitrogens with zero attached hydrogens (tertiary/aromatic N) is 3. The maximum Gasteiger partial charge on any atom is 0.246 e. The number of rotatable bonds is 25. The molecule has 498 valence electrons. The fourth-order valence-corrected chi connectivity index (χ4v) is 11.5. The minimum Gasteiger partial charge on any atom is -0.394 e. The molecule has 17 N–H and O–H groups in total. The third-order valence-electron chi connectivity index (χ3n) is 16.6. The van der Waals surface area contributed by atoms with Gasteiger partial charge in [0.25, 0.3) is 0 Å². The van der Waals surface area contributed by atoms with Gasteiger partial charge < -0.3 is 127 Å². The van der Waals surface area contributed by atoms with Gasteiger partial charge in [-0.05, 0) is 59.3 Å². The van der Waals surface area contributed by atoms with Gasteiger partial charge >= 0.3 is 0 Å². The molecule has 10 amide bonds. The largest absolute Gasteiger partial charge is 0.394 e. The van der Waals surface area contributed by atoms with E-state index in [4.69, 9.17) is 34.2 Å². The van der Waals surface area contributed by atoms with E-state index in [-0.39, 0.29) is 31.8 Å². The maximum absolute atomic E-state index is 14.8. The standard InChI is InChI=1S/C53H86N10O25/c1-21-43(88-53-42(75)41(74)38(71)32(19-66)86-53)39(72)33(20-83-52-36(58-25(5)67)40(73)37(70)31(18-65)85-52)87-51(21)84-24(4)35(60-45(77)27(17-64)59-34(69)16-55-46(78)28-10-7-13-61(28)26(6)68)48(80)57-23(3)49(81)63-15-9-12-30(63)50(82)62-14-8-11-29(62)47(79)56-22(2)44(54)76/h21-24,27-33,35-43,51-53,64-66,70-75H,7-20H2,1-6H3,(H2,54,76)(H,55,78)(H,56,79)(H,57,80)(H,58,67)(H,59,69)(H,60,77)/t21?,22?,23?,24?,27?,28?,29?,30?,31?,32?,33?,35?,36?,37-,38+,39+,40-,41+,42?,43-,51+,52-,53+/m1/s1. The van der Waals surface area contributed by atoms with E-state index in [9.17, 15) is 93.9 Å². The van der Waals surface area contributed by atoms with Gasteiger partial charge in [-0.25, -0.2) is 0 Å². The van der Waals surface area contributed by atoms with E-state index in [1.807, 2.05) is 0 Å². The van der Waals surface area contributed by atoms with Crippen molar-refractivity contribution in [3.63, 3.8) is 0 Å². The van der Waals surface area contributed by atoms with Crippen molar-refractivity contribution in [2.45, 2.75) is 214 Å². The first-order chi connectivity index (χ1) is 41.5. The summed E-state index contributed by atoms with van der Waals surface area (Å²) in [5, 5.41) is 111. The van der Waals surface area contributed by atoms with Gasteiger partial charge in [-0.1, -0.05) is 6.92 Å². The van der Waals surface area contributed by atoms with E-state index in [2.05, 4.69) is 31.9 Å². The number of amides is 10. The number of hydrogen-bond donors (Lipinski definition) is 16. The SMILES string of the molecule is CC(=O)NC1[C@H](OCC2O[C@H](OC(C)C(NC(=O)C(CO)NC(=O)CNC(=O)C3CCCN3C(C)=O)C(=O)NC(C)C(=O)N3CCCC3C(=O)N3CCCC3C(=O)NC(C)C(N)=O)C(C)[C@@H](O[C@@H]3OC(CO)[C@H](O)[C@H](O)C3O)[C@H]2O)OC(CO)[C@@H](O)[C@@H]1O. The van der Waals surface area contributed by atoms with E-state index in [1.54, 1.807) is 0 Å². The average molecular weight is 1260 g/mol. The van der Waals surface area contributed by atoms with Crippen LogP contribution >= 0.6 is 0 Å². The summed E-state index contributed by atoms with van der Waals surface area (Å²) >= 11 is 0. The second kappa shape index (κ2) is 31.7. The lowest BCUT2D eigenvalue weighted by Gasteiger charge is -2.48. The number of aliphatic hydroxyl groups excluding tert-OH is 9. The molecule has 0 bridgehead atoms. The second-order valence-electron chi connectivity index (χ2n) is 22.9. The lowest BCUT2D eigenvalue weighted by Crippen LogP contribution is -2.66. The fourth-order valence-electron chi connectivity index (χ4n) is 11.5. The highest BCUT2D eigenvalue weighted by Crippen LogP contribution is 2.35. The second-order valence-corrected chi connectivity index (χ2v) is 22.9. The molecular weight excluding hydrogens is 1180 g/mol. The zero-order valence-corrected chi connectivity index (χ0v) is 49.7. The van der Waals surface area contributed by atoms with Crippen molar-refractivity contribution in [1.82, 2.24) is 46.6 Å². The van der Waals surface area contributed by atoms with Gasteiger partial charge in [0.2, 0.25) is 59.1 Å². The molecule has 0 aromatic rings. The highest BCUT2D eigenvalue weighted by Gasteiger charge is 2.53. The first kappa shape index (κ1) is 71.2. The van der Waals surface area contributed by atoms with E-state index in [0.29, 0.717) is 32.2 Å². The Labute approximate surface area is 505 Å². The van der Waals surface area contributed by atoms with Gasteiger partial charge in [-0.2, -0.15) is 0 Å². The van der Waals surface area contributed by atoms with Gasteiger partial charge in [-0.15, -0.1) is 0 Å². The van der Waals surface area contributed by atoms with Crippen LogP contribution in [-0.2, 0) is 76.4 Å². The van der Waals surface area contributed by atoms with E-state index >= 15 is 0 Å². The fraction of sp³-hybridized carbons (Fsp3) is 0.811. The van der Waals surface area contributed by atoms with Crippen LogP contribution in [0, 0.1) is 5.92 Å².